The maximum absolute atomic E-state index is 10.0. The van der Waals surface area contributed by atoms with Crippen molar-refractivity contribution in [3.8, 4) is 39.8 Å². The van der Waals surface area contributed by atoms with Crippen molar-refractivity contribution in [2.45, 2.75) is 0 Å². The van der Waals surface area contributed by atoms with Crippen molar-refractivity contribution in [1.29, 1.82) is 0 Å². The van der Waals surface area contributed by atoms with Gasteiger partial charge in [-0.05, 0) is 60.4 Å². The van der Waals surface area contributed by atoms with Crippen LogP contribution in [0.5, 0.6) is 0 Å². The number of hydrogen-bond acceptors (Lipinski definition) is 4. The largest absolute Gasteiger partial charge is 0.305 e. The molecule has 0 radical (unpaired) electrons. The lowest BCUT2D eigenvalue weighted by atomic mass is 10.1. The highest BCUT2D eigenvalue weighted by atomic mass is 15.1. The maximum atomic E-state index is 10.0. The van der Waals surface area contributed by atoms with E-state index in [9.17, 15) is 19.2 Å². The highest BCUT2D eigenvalue weighted by Gasteiger charge is 2.25. The minimum Gasteiger partial charge on any atom is -0.305 e. The molecular formula is C50H31N7. The van der Waals surface area contributed by atoms with E-state index in [0.29, 0.717) is 13.7 Å². The summed E-state index contributed by atoms with van der Waals surface area (Å²) in [6.45, 7) is 0. The molecule has 0 atom stereocenters. The van der Waals surface area contributed by atoms with Crippen molar-refractivity contribution in [3.63, 3.8) is 0 Å². The van der Waals surface area contributed by atoms with Crippen LogP contribution in [0.2, 0.25) is 0 Å². The van der Waals surface area contributed by atoms with Gasteiger partial charge in [0.1, 0.15) is 5.82 Å². The zero-order valence-electron chi connectivity index (χ0n) is 59.1. The Hall–Kier alpha value is -7.90. The molecule has 6 heterocycles. The van der Waals surface area contributed by atoms with E-state index in [-0.39, 0.29) is 0 Å². The van der Waals surface area contributed by atoms with Crippen LogP contribution in [0, 0.1) is 0 Å². The summed E-state index contributed by atoms with van der Waals surface area (Å²) in [5.41, 5.74) is -10.7. The van der Waals surface area contributed by atoms with Gasteiger partial charge in [0.25, 0.3) is 0 Å². The van der Waals surface area contributed by atoms with Crippen LogP contribution in [0.15, 0.2) is 188 Å². The number of nitrogens with zero attached hydrogens (tertiary/aromatic N) is 7. The molecule has 0 saturated carbocycles. The van der Waals surface area contributed by atoms with E-state index in [2.05, 4.69) is 19.9 Å². The van der Waals surface area contributed by atoms with E-state index in [0.717, 1.165) is 0 Å². The van der Waals surface area contributed by atoms with Crippen molar-refractivity contribution in [2.24, 2.45) is 0 Å². The monoisotopic (exact) mass is 760 g/mol. The van der Waals surface area contributed by atoms with Gasteiger partial charge in [-0.25, -0.2) is 9.97 Å². The van der Waals surface area contributed by atoms with Gasteiger partial charge in [-0.1, -0.05) is 109 Å². The Bertz CT molecular complexity index is 5250. The van der Waals surface area contributed by atoms with Crippen molar-refractivity contribution in [1.82, 2.24) is 33.6 Å². The molecule has 6 aromatic carbocycles. The van der Waals surface area contributed by atoms with Crippen molar-refractivity contribution >= 4 is 65.7 Å². The topological polar surface area (TPSA) is 66.3 Å². The minimum atomic E-state index is -1.23. The Morgan fingerprint density at radius 1 is 0.404 bits per heavy atom. The van der Waals surface area contributed by atoms with Crippen LogP contribution in [0.4, 0.5) is 0 Å². The van der Waals surface area contributed by atoms with E-state index in [4.69, 9.17) is 23.3 Å². The Kier molecular flexibility index (Phi) is 2.96. The van der Waals surface area contributed by atoms with Crippen LogP contribution in [-0.4, -0.2) is 33.6 Å². The molecule has 0 amide bonds. The molecule has 266 valence electrons. The van der Waals surface area contributed by atoms with Crippen LogP contribution >= 0.6 is 0 Å². The average molecular weight is 761 g/mol. The fourth-order valence-corrected chi connectivity index (χ4v) is 6.86. The number of fused-ring (bicyclic) bond motifs is 9. The molecule has 0 unspecified atom stereocenters. The van der Waals surface area contributed by atoms with Gasteiger partial charge in [-0.3, -0.25) is 14.5 Å². The molecule has 0 spiro atoms. The van der Waals surface area contributed by atoms with Crippen LogP contribution in [0.25, 0.3) is 106 Å². The third-order valence-electron chi connectivity index (χ3n) is 9.10. The third-order valence-corrected chi connectivity index (χ3v) is 9.10. The fourth-order valence-electron chi connectivity index (χ4n) is 6.86. The summed E-state index contributed by atoms with van der Waals surface area (Å²) < 4.78 is 285. The third kappa shape index (κ3) is 4.66. The van der Waals surface area contributed by atoms with Crippen molar-refractivity contribution in [3.05, 3.63) is 188 Å². The molecule has 0 aliphatic carbocycles. The van der Waals surface area contributed by atoms with Crippen LogP contribution in [-0.2, 0) is 0 Å². The van der Waals surface area contributed by atoms with E-state index in [1.54, 1.807) is 0 Å². The molecule has 0 aliphatic rings. The van der Waals surface area contributed by atoms with Crippen molar-refractivity contribution < 1.29 is 42.5 Å². The predicted octanol–water partition coefficient (Wildman–Crippen LogP) is 11.9. The highest BCUT2D eigenvalue weighted by molar-refractivity contribution is 6.11. The number of pyridine rings is 2. The van der Waals surface area contributed by atoms with Gasteiger partial charge in [0, 0.05) is 51.1 Å². The molecule has 0 N–H and O–H groups in total. The van der Waals surface area contributed by atoms with Gasteiger partial charge in [-0.15, -0.1) is 0 Å². The predicted molar refractivity (Wildman–Crippen MR) is 232 cm³/mol. The molecule has 12 aromatic rings. The van der Waals surface area contributed by atoms with Gasteiger partial charge < -0.3 is 9.13 Å². The van der Waals surface area contributed by atoms with Crippen LogP contribution in [0.1, 0.15) is 42.5 Å². The number of benzene rings is 6. The summed E-state index contributed by atoms with van der Waals surface area (Å²) in [6.07, 6.45) is -1.84. The quantitative estimate of drug-likeness (QED) is 0.175. The standard InChI is InChI=1S/C50H31N7/c1-2-15-32(16-3-1)38-31-46(56-39-22-8-4-17-33(39)34-18-5-9-23-40(34)56)54-50(53-38)37-21-12-26-45(55-41-24-10-6-19-35(41)47-43(55)27-13-29-51-47)49(37)57-42-25-11-7-20-36(42)48-44(57)28-14-30-52-48/h1-31H/i1D,2D,3D,4D,5D,6D,7D,8D,9D,10D,11D,12D,13D,14D,15D,16D,17D,18D,19D,20D,21D,22D,23D,24D,25D,26D,27D,28D,29D,30D,31D. The van der Waals surface area contributed by atoms with Crippen molar-refractivity contribution in [2.75, 3.05) is 0 Å². The number of hydrogen-bond donors (Lipinski definition) is 0. The summed E-state index contributed by atoms with van der Waals surface area (Å²) in [6, 6.07) is -29.1. The first-order valence-corrected chi connectivity index (χ1v) is 16.6. The second-order valence-electron chi connectivity index (χ2n) is 12.0. The molecule has 6 aromatic heterocycles. The summed E-state index contributed by atoms with van der Waals surface area (Å²) in [5.74, 6) is -2.18. The lowest BCUT2D eigenvalue weighted by molar-refractivity contribution is 1.04. The van der Waals surface area contributed by atoms with E-state index < -0.39 is 293 Å². The van der Waals surface area contributed by atoms with Crippen LogP contribution in [0.3, 0.4) is 0 Å². The zero-order valence-corrected chi connectivity index (χ0v) is 28.1. The first-order valence-electron chi connectivity index (χ1n) is 32.1. The molecule has 0 fully saturated rings. The maximum Gasteiger partial charge on any atom is 0.164 e. The number of aromatic nitrogens is 7. The molecule has 0 bridgehead atoms. The summed E-state index contributed by atoms with van der Waals surface area (Å²) >= 11 is 0. The summed E-state index contributed by atoms with van der Waals surface area (Å²) in [5, 5.41) is -2.40. The zero-order chi connectivity index (χ0) is 64.4. The molecular weight excluding hydrogens is 699 g/mol. The van der Waals surface area contributed by atoms with Crippen LogP contribution < -0.4 is 0 Å². The second kappa shape index (κ2) is 12.3. The van der Waals surface area contributed by atoms with Gasteiger partial charge in [0.05, 0.1) is 104 Å². The Morgan fingerprint density at radius 2 is 0.912 bits per heavy atom. The molecule has 0 saturated heterocycles. The SMILES string of the molecule is [2H]c1nc2c3c([2H])c([2H])c([2H])c([2H])c3n(-c3c([2H])c([2H])c([2H])c(-c4nc(-c5c([2H])c([2H])c([2H])c([2H])c5[2H])c([2H])c(-n5c6c([2H])c([2H])c([2H])c([2H])c6c6c([2H])c([2H])c([2H])c([2H])c65)n4)c3-n3c4c([2H])c([2H])c([2H])nc4c4c([2H])c([2H])c([2H])c([2H])c43)c2c([2H])c1[2H]. The smallest absolute Gasteiger partial charge is 0.164 e. The highest BCUT2D eigenvalue weighted by Crippen LogP contribution is 2.42. The molecule has 7 nitrogen and oxygen atoms in total. The first-order chi connectivity index (χ1) is 41.2. The molecule has 12 rings (SSSR count). The molecule has 7 heteroatoms. The Labute approximate surface area is 369 Å². The summed E-state index contributed by atoms with van der Waals surface area (Å²) in [7, 11) is 0. The number of rotatable bonds is 5. The first kappa shape index (κ1) is 13.7. The lowest BCUT2D eigenvalue weighted by Crippen LogP contribution is -2.08. The summed E-state index contributed by atoms with van der Waals surface area (Å²) in [4.78, 5) is 17.6. The Balaban J connectivity index is 1.46. The van der Waals surface area contributed by atoms with Gasteiger partial charge in [0.2, 0.25) is 0 Å². The van der Waals surface area contributed by atoms with E-state index in [1.165, 1.54) is 0 Å². The lowest BCUT2D eigenvalue weighted by Gasteiger charge is -2.20. The second-order valence-corrected chi connectivity index (χ2v) is 12.0. The normalized spacial score (nSPS) is 19.5. The minimum absolute atomic E-state index is 0.586. The van der Waals surface area contributed by atoms with E-state index in [1.807, 2.05) is 0 Å². The molecule has 57 heavy (non-hydrogen) atoms. The van der Waals surface area contributed by atoms with Gasteiger partial charge >= 0.3 is 0 Å². The van der Waals surface area contributed by atoms with E-state index >= 15 is 0 Å². The Morgan fingerprint density at radius 3 is 1.54 bits per heavy atom. The molecule has 0 aliphatic heterocycles. The number of para-hydroxylation sites is 5. The fraction of sp³-hybridized carbons (Fsp3) is 0. The van der Waals surface area contributed by atoms with Gasteiger partial charge in [0.15, 0.2) is 5.82 Å². The average Bonchev–Trinajstić information content (AvgIpc) is 1.52. The van der Waals surface area contributed by atoms with Gasteiger partial charge in [-0.2, -0.15) is 0 Å².